The summed E-state index contributed by atoms with van der Waals surface area (Å²) in [5.74, 6) is 0. The SMILES string of the molecule is CCNCC1(Cc2ccc(Br)s2)CC1. The Bertz CT molecular complexity index is 304. The van der Waals surface area contributed by atoms with E-state index in [9.17, 15) is 0 Å². The summed E-state index contributed by atoms with van der Waals surface area (Å²) < 4.78 is 1.26. The molecule has 1 aliphatic rings. The van der Waals surface area contributed by atoms with Crippen molar-refractivity contribution in [2.45, 2.75) is 26.2 Å². The van der Waals surface area contributed by atoms with E-state index in [1.807, 2.05) is 11.3 Å². The molecule has 3 heteroatoms. The fourth-order valence-electron chi connectivity index (χ4n) is 1.80. The van der Waals surface area contributed by atoms with Gasteiger partial charge in [0.05, 0.1) is 3.79 Å². The van der Waals surface area contributed by atoms with Crippen molar-refractivity contribution in [3.63, 3.8) is 0 Å². The summed E-state index contributed by atoms with van der Waals surface area (Å²) in [6.07, 6.45) is 4.06. The van der Waals surface area contributed by atoms with Gasteiger partial charge in [0.1, 0.15) is 0 Å². The minimum Gasteiger partial charge on any atom is -0.316 e. The predicted molar refractivity (Wildman–Crippen MR) is 65.9 cm³/mol. The van der Waals surface area contributed by atoms with Crippen LogP contribution in [0.2, 0.25) is 0 Å². The van der Waals surface area contributed by atoms with Crippen molar-refractivity contribution in [1.29, 1.82) is 0 Å². The summed E-state index contributed by atoms with van der Waals surface area (Å²) in [7, 11) is 0. The fraction of sp³-hybridized carbons (Fsp3) is 0.636. The number of nitrogens with one attached hydrogen (secondary N) is 1. The standard InChI is InChI=1S/C11H16BrNS/c1-2-13-8-11(5-6-11)7-9-3-4-10(12)14-9/h3-4,13H,2,5-8H2,1H3. The number of thiophene rings is 1. The highest BCUT2D eigenvalue weighted by Crippen LogP contribution is 2.48. The zero-order chi connectivity index (χ0) is 10.0. The van der Waals surface area contributed by atoms with Gasteiger partial charge in [-0.1, -0.05) is 6.92 Å². The van der Waals surface area contributed by atoms with E-state index in [1.165, 1.54) is 34.5 Å². The summed E-state index contributed by atoms with van der Waals surface area (Å²) in [6, 6.07) is 4.41. The van der Waals surface area contributed by atoms with Crippen LogP contribution in [0.4, 0.5) is 0 Å². The maximum absolute atomic E-state index is 3.52. The molecule has 1 nitrogen and oxygen atoms in total. The summed E-state index contributed by atoms with van der Waals surface area (Å²) in [4.78, 5) is 1.52. The molecule has 0 aromatic carbocycles. The Morgan fingerprint density at radius 3 is 2.79 bits per heavy atom. The third-order valence-electron chi connectivity index (χ3n) is 2.89. The minimum atomic E-state index is 0.598. The van der Waals surface area contributed by atoms with Gasteiger partial charge in [-0.15, -0.1) is 11.3 Å². The molecule has 1 aromatic rings. The van der Waals surface area contributed by atoms with E-state index in [1.54, 1.807) is 0 Å². The molecule has 0 bridgehead atoms. The van der Waals surface area contributed by atoms with E-state index in [4.69, 9.17) is 0 Å². The van der Waals surface area contributed by atoms with Gasteiger partial charge in [0.15, 0.2) is 0 Å². The van der Waals surface area contributed by atoms with Crippen LogP contribution in [0.25, 0.3) is 0 Å². The van der Waals surface area contributed by atoms with E-state index in [2.05, 4.69) is 40.3 Å². The van der Waals surface area contributed by atoms with Gasteiger partial charge in [-0.25, -0.2) is 0 Å². The second-order valence-corrected chi connectivity index (χ2v) is 6.71. The Morgan fingerprint density at radius 1 is 1.50 bits per heavy atom. The average Bonchev–Trinajstić information content (AvgIpc) is 2.81. The quantitative estimate of drug-likeness (QED) is 0.867. The molecule has 0 saturated heterocycles. The van der Waals surface area contributed by atoms with E-state index in [0.717, 1.165) is 6.54 Å². The van der Waals surface area contributed by atoms with Gasteiger partial charge in [-0.3, -0.25) is 0 Å². The Labute approximate surface area is 98.0 Å². The molecule has 2 rings (SSSR count). The molecule has 14 heavy (non-hydrogen) atoms. The van der Waals surface area contributed by atoms with Gasteiger partial charge >= 0.3 is 0 Å². The third kappa shape index (κ3) is 2.59. The van der Waals surface area contributed by atoms with Crippen LogP contribution in [0.1, 0.15) is 24.6 Å². The lowest BCUT2D eigenvalue weighted by atomic mass is 10.0. The van der Waals surface area contributed by atoms with E-state index in [0.29, 0.717) is 5.41 Å². The first-order chi connectivity index (χ1) is 6.74. The molecule has 0 amide bonds. The van der Waals surface area contributed by atoms with E-state index < -0.39 is 0 Å². The zero-order valence-corrected chi connectivity index (χ0v) is 10.9. The first-order valence-electron chi connectivity index (χ1n) is 5.19. The Kier molecular flexibility index (Phi) is 3.30. The number of rotatable bonds is 5. The predicted octanol–water partition coefficient (Wildman–Crippen LogP) is 3.44. The topological polar surface area (TPSA) is 12.0 Å². The van der Waals surface area contributed by atoms with Crippen molar-refractivity contribution >= 4 is 27.3 Å². The monoisotopic (exact) mass is 273 g/mol. The van der Waals surface area contributed by atoms with Crippen LogP contribution in [0, 0.1) is 5.41 Å². The average molecular weight is 274 g/mol. The highest BCUT2D eigenvalue weighted by molar-refractivity contribution is 9.11. The molecule has 1 saturated carbocycles. The van der Waals surface area contributed by atoms with Crippen molar-refractivity contribution in [3.05, 3.63) is 20.8 Å². The van der Waals surface area contributed by atoms with Crippen LogP contribution in [-0.2, 0) is 6.42 Å². The molecule has 0 aliphatic heterocycles. The molecule has 1 fully saturated rings. The molecule has 0 atom stereocenters. The summed E-state index contributed by atoms with van der Waals surface area (Å²) in [6.45, 7) is 4.46. The second-order valence-electron chi connectivity index (χ2n) is 4.16. The molecular formula is C11H16BrNS. The number of halogens is 1. The summed E-state index contributed by atoms with van der Waals surface area (Å²) in [5, 5.41) is 3.47. The van der Waals surface area contributed by atoms with Crippen molar-refractivity contribution in [3.8, 4) is 0 Å². The van der Waals surface area contributed by atoms with Crippen molar-refractivity contribution in [2.75, 3.05) is 13.1 Å². The normalized spacial score (nSPS) is 18.4. The highest BCUT2D eigenvalue weighted by Gasteiger charge is 2.42. The molecule has 0 spiro atoms. The first kappa shape index (κ1) is 10.7. The van der Waals surface area contributed by atoms with Gasteiger partial charge < -0.3 is 5.32 Å². The van der Waals surface area contributed by atoms with Gasteiger partial charge in [0, 0.05) is 11.4 Å². The Hall–Kier alpha value is 0.140. The zero-order valence-electron chi connectivity index (χ0n) is 8.48. The van der Waals surface area contributed by atoms with E-state index in [-0.39, 0.29) is 0 Å². The molecule has 1 aromatic heterocycles. The highest BCUT2D eigenvalue weighted by atomic mass is 79.9. The molecular weight excluding hydrogens is 258 g/mol. The third-order valence-corrected chi connectivity index (χ3v) is 4.51. The van der Waals surface area contributed by atoms with Crippen molar-refractivity contribution in [1.82, 2.24) is 5.32 Å². The Balaban J connectivity index is 1.90. The van der Waals surface area contributed by atoms with Crippen LogP contribution < -0.4 is 5.32 Å². The lowest BCUT2D eigenvalue weighted by Gasteiger charge is -2.13. The maximum atomic E-state index is 3.52. The van der Waals surface area contributed by atoms with Gasteiger partial charge in [-0.05, 0) is 59.3 Å². The van der Waals surface area contributed by atoms with Crippen LogP contribution >= 0.6 is 27.3 Å². The van der Waals surface area contributed by atoms with E-state index >= 15 is 0 Å². The maximum Gasteiger partial charge on any atom is 0.0701 e. The summed E-state index contributed by atoms with van der Waals surface area (Å²) >= 11 is 5.39. The lowest BCUT2D eigenvalue weighted by Crippen LogP contribution is -2.24. The molecule has 78 valence electrons. The van der Waals surface area contributed by atoms with Gasteiger partial charge in [0.2, 0.25) is 0 Å². The first-order valence-corrected chi connectivity index (χ1v) is 6.80. The Morgan fingerprint density at radius 2 is 2.29 bits per heavy atom. The number of hydrogen-bond acceptors (Lipinski definition) is 2. The molecule has 0 unspecified atom stereocenters. The fourth-order valence-corrected chi connectivity index (χ4v) is 3.46. The molecule has 1 heterocycles. The van der Waals surface area contributed by atoms with Crippen LogP contribution in [0.3, 0.4) is 0 Å². The number of hydrogen-bond donors (Lipinski definition) is 1. The van der Waals surface area contributed by atoms with Gasteiger partial charge in [0.25, 0.3) is 0 Å². The van der Waals surface area contributed by atoms with Crippen LogP contribution in [0.5, 0.6) is 0 Å². The summed E-state index contributed by atoms with van der Waals surface area (Å²) in [5.41, 5.74) is 0.598. The molecule has 1 aliphatic carbocycles. The lowest BCUT2D eigenvalue weighted by molar-refractivity contribution is 0.466. The molecule has 1 N–H and O–H groups in total. The van der Waals surface area contributed by atoms with Crippen molar-refractivity contribution < 1.29 is 0 Å². The smallest absolute Gasteiger partial charge is 0.0701 e. The largest absolute Gasteiger partial charge is 0.316 e. The second kappa shape index (κ2) is 4.33. The minimum absolute atomic E-state index is 0.598. The molecule has 0 radical (unpaired) electrons. The van der Waals surface area contributed by atoms with Crippen LogP contribution in [-0.4, -0.2) is 13.1 Å². The van der Waals surface area contributed by atoms with Gasteiger partial charge in [-0.2, -0.15) is 0 Å². The van der Waals surface area contributed by atoms with Crippen LogP contribution in [0.15, 0.2) is 15.9 Å². The van der Waals surface area contributed by atoms with Crippen molar-refractivity contribution in [2.24, 2.45) is 5.41 Å².